The molecule has 6 heteroatoms. The van der Waals surface area contributed by atoms with Gasteiger partial charge in [0.15, 0.2) is 0 Å². The molecule has 1 heterocycles. The van der Waals surface area contributed by atoms with Gasteiger partial charge >= 0.3 is 6.18 Å². The van der Waals surface area contributed by atoms with Crippen LogP contribution in [0.1, 0.15) is 44.9 Å². The van der Waals surface area contributed by atoms with Gasteiger partial charge in [0.1, 0.15) is 5.69 Å². The average Bonchev–Trinajstić information content (AvgIpc) is 2.25. The highest BCUT2D eigenvalue weighted by atomic mass is 19.4. The summed E-state index contributed by atoms with van der Waals surface area (Å²) in [7, 11) is 0. The summed E-state index contributed by atoms with van der Waals surface area (Å²) >= 11 is 0. The van der Waals surface area contributed by atoms with Gasteiger partial charge in [0, 0.05) is 12.6 Å². The molecular formula is C13H16F5N. The van der Waals surface area contributed by atoms with Crippen molar-refractivity contribution in [2.24, 2.45) is 5.41 Å². The molecule has 108 valence electrons. The molecular weight excluding hydrogens is 265 g/mol. The lowest BCUT2D eigenvalue weighted by atomic mass is 9.88. The minimum Gasteiger partial charge on any atom is -0.254 e. The van der Waals surface area contributed by atoms with Crippen molar-refractivity contribution in [1.82, 2.24) is 4.98 Å². The third kappa shape index (κ3) is 4.76. The van der Waals surface area contributed by atoms with Gasteiger partial charge in [0.25, 0.3) is 5.92 Å². The number of hydrogen-bond donors (Lipinski definition) is 0. The van der Waals surface area contributed by atoms with Gasteiger partial charge in [-0.25, -0.2) is 0 Å². The summed E-state index contributed by atoms with van der Waals surface area (Å²) in [5.41, 5.74) is -1.91. The van der Waals surface area contributed by atoms with Crippen LogP contribution in [0.4, 0.5) is 22.0 Å². The summed E-state index contributed by atoms with van der Waals surface area (Å²) in [5, 5.41) is 0. The third-order valence-electron chi connectivity index (χ3n) is 2.65. The molecule has 1 rings (SSSR count). The number of pyridine rings is 1. The van der Waals surface area contributed by atoms with Crippen LogP contribution < -0.4 is 0 Å². The number of nitrogens with zero attached hydrogens (tertiary/aromatic N) is 1. The molecule has 0 bridgehead atoms. The summed E-state index contributed by atoms with van der Waals surface area (Å²) in [4.78, 5) is 3.25. The van der Waals surface area contributed by atoms with Crippen LogP contribution in [0.15, 0.2) is 18.3 Å². The van der Waals surface area contributed by atoms with Crippen LogP contribution in [0.3, 0.4) is 0 Å². The molecule has 0 N–H and O–H groups in total. The summed E-state index contributed by atoms with van der Waals surface area (Å²) in [5.74, 6) is -3.21. The van der Waals surface area contributed by atoms with E-state index in [0.29, 0.717) is 12.3 Å². The summed E-state index contributed by atoms with van der Waals surface area (Å²) < 4.78 is 64.4. The van der Waals surface area contributed by atoms with Gasteiger partial charge in [0.2, 0.25) is 0 Å². The van der Waals surface area contributed by atoms with Gasteiger partial charge in [-0.3, -0.25) is 4.98 Å². The minimum absolute atomic E-state index is 0.253. The fourth-order valence-corrected chi connectivity index (χ4v) is 1.44. The highest BCUT2D eigenvalue weighted by Gasteiger charge is 2.36. The van der Waals surface area contributed by atoms with Crippen LogP contribution in [0.5, 0.6) is 0 Å². The predicted octanol–water partition coefficient (Wildman–Crippen LogP) is 5.02. The number of alkyl halides is 5. The van der Waals surface area contributed by atoms with Crippen LogP contribution in [0.25, 0.3) is 0 Å². The van der Waals surface area contributed by atoms with Crippen molar-refractivity contribution in [3.63, 3.8) is 0 Å². The maximum atomic E-state index is 13.8. The van der Waals surface area contributed by atoms with E-state index in [0.717, 1.165) is 6.07 Å². The van der Waals surface area contributed by atoms with Crippen molar-refractivity contribution >= 4 is 0 Å². The topological polar surface area (TPSA) is 12.9 Å². The van der Waals surface area contributed by atoms with E-state index < -0.39 is 29.8 Å². The van der Waals surface area contributed by atoms with Crippen molar-refractivity contribution in [3.05, 3.63) is 29.6 Å². The molecule has 0 fully saturated rings. The summed E-state index contributed by atoms with van der Waals surface area (Å²) in [6.45, 7) is 5.47. The van der Waals surface area contributed by atoms with Crippen LogP contribution in [0.2, 0.25) is 0 Å². The molecule has 0 saturated heterocycles. The van der Waals surface area contributed by atoms with Crippen LogP contribution in [0, 0.1) is 5.41 Å². The van der Waals surface area contributed by atoms with Gasteiger partial charge in [-0.15, -0.1) is 0 Å². The molecule has 1 aromatic rings. The van der Waals surface area contributed by atoms with E-state index in [1.807, 2.05) is 20.8 Å². The fraction of sp³-hybridized carbons (Fsp3) is 0.615. The normalized spacial score (nSPS) is 13.7. The Kier molecular flexibility index (Phi) is 4.22. The third-order valence-corrected chi connectivity index (χ3v) is 2.65. The van der Waals surface area contributed by atoms with Gasteiger partial charge in [-0.2, -0.15) is 22.0 Å². The van der Waals surface area contributed by atoms with Gasteiger partial charge in [-0.1, -0.05) is 20.8 Å². The molecule has 0 aliphatic carbocycles. The van der Waals surface area contributed by atoms with Crippen LogP contribution >= 0.6 is 0 Å². The van der Waals surface area contributed by atoms with Crippen molar-refractivity contribution in [1.29, 1.82) is 0 Å². The van der Waals surface area contributed by atoms with Crippen molar-refractivity contribution in [2.75, 3.05) is 0 Å². The smallest absolute Gasteiger partial charge is 0.254 e. The van der Waals surface area contributed by atoms with Gasteiger partial charge < -0.3 is 0 Å². The second-order valence-electron chi connectivity index (χ2n) is 5.69. The Hall–Kier alpha value is -1.20. The first-order chi connectivity index (χ1) is 8.42. The van der Waals surface area contributed by atoms with E-state index in [1.165, 1.54) is 0 Å². The molecule has 0 aromatic carbocycles. The standard InChI is InChI=1S/C13H16F5N/c1-11(2,3)6-7-12(14,15)10-5-4-9(8-19-10)13(16,17)18/h4-5,8H,6-7H2,1-3H3. The maximum Gasteiger partial charge on any atom is 0.417 e. The van der Waals surface area contributed by atoms with E-state index in [-0.39, 0.29) is 11.8 Å². The molecule has 0 saturated carbocycles. The predicted molar refractivity (Wildman–Crippen MR) is 61.8 cm³/mol. The Balaban J connectivity index is 2.85. The molecule has 1 nitrogen and oxygen atoms in total. The first-order valence-corrected chi connectivity index (χ1v) is 5.83. The summed E-state index contributed by atoms with van der Waals surface area (Å²) in [6, 6.07) is 1.37. The number of aromatic nitrogens is 1. The minimum atomic E-state index is -4.56. The van der Waals surface area contributed by atoms with E-state index >= 15 is 0 Å². The van der Waals surface area contributed by atoms with E-state index in [4.69, 9.17) is 0 Å². The number of hydrogen-bond acceptors (Lipinski definition) is 1. The largest absolute Gasteiger partial charge is 0.417 e. The molecule has 0 atom stereocenters. The second kappa shape index (κ2) is 5.06. The van der Waals surface area contributed by atoms with Crippen LogP contribution in [-0.4, -0.2) is 4.98 Å². The maximum absolute atomic E-state index is 13.8. The molecule has 0 aliphatic rings. The number of halogens is 5. The SMILES string of the molecule is CC(C)(C)CCC(F)(F)c1ccc(C(F)(F)F)cn1. The van der Waals surface area contributed by atoms with Gasteiger partial charge in [0.05, 0.1) is 5.56 Å². The van der Waals surface area contributed by atoms with E-state index in [9.17, 15) is 22.0 Å². The van der Waals surface area contributed by atoms with Gasteiger partial charge in [-0.05, 0) is 24.0 Å². The average molecular weight is 281 g/mol. The lowest BCUT2D eigenvalue weighted by Crippen LogP contribution is -2.19. The van der Waals surface area contributed by atoms with Crippen molar-refractivity contribution in [3.8, 4) is 0 Å². The Morgan fingerprint density at radius 3 is 1.89 bits per heavy atom. The number of rotatable bonds is 3. The Bertz CT molecular complexity index is 414. The highest BCUT2D eigenvalue weighted by molar-refractivity contribution is 5.19. The molecule has 0 amide bonds. The fourth-order valence-electron chi connectivity index (χ4n) is 1.44. The second-order valence-corrected chi connectivity index (χ2v) is 5.69. The zero-order chi connectivity index (χ0) is 14.9. The lowest BCUT2D eigenvalue weighted by Gasteiger charge is -2.22. The van der Waals surface area contributed by atoms with Crippen molar-refractivity contribution < 1.29 is 22.0 Å². The Morgan fingerprint density at radius 2 is 1.53 bits per heavy atom. The zero-order valence-electron chi connectivity index (χ0n) is 11.0. The van der Waals surface area contributed by atoms with Crippen molar-refractivity contribution in [2.45, 2.75) is 45.7 Å². The molecule has 19 heavy (non-hydrogen) atoms. The quantitative estimate of drug-likeness (QED) is 0.709. The van der Waals surface area contributed by atoms with E-state index in [1.54, 1.807) is 0 Å². The molecule has 0 radical (unpaired) electrons. The molecule has 0 aliphatic heterocycles. The highest BCUT2D eigenvalue weighted by Crippen LogP contribution is 2.37. The zero-order valence-corrected chi connectivity index (χ0v) is 11.0. The lowest BCUT2D eigenvalue weighted by molar-refractivity contribution is -0.138. The first-order valence-electron chi connectivity index (χ1n) is 5.83. The molecule has 1 aromatic heterocycles. The molecule has 0 unspecified atom stereocenters. The van der Waals surface area contributed by atoms with Crippen LogP contribution in [-0.2, 0) is 12.1 Å². The van der Waals surface area contributed by atoms with E-state index in [2.05, 4.69) is 4.98 Å². The first kappa shape index (κ1) is 15.9. The Labute approximate surface area is 108 Å². The summed E-state index contributed by atoms with van der Waals surface area (Å²) in [6.07, 6.45) is -4.30. The Morgan fingerprint density at radius 1 is 0.947 bits per heavy atom. The molecule has 0 spiro atoms. The monoisotopic (exact) mass is 281 g/mol.